The van der Waals surface area contributed by atoms with Crippen LogP contribution in [0.3, 0.4) is 0 Å². The maximum absolute atomic E-state index is 13.1. The van der Waals surface area contributed by atoms with E-state index in [4.69, 9.17) is 10.5 Å². The Balaban J connectivity index is 2.03. The average Bonchev–Trinajstić information content (AvgIpc) is 2.26. The number of rotatable bonds is 3. The van der Waals surface area contributed by atoms with E-state index in [1.807, 2.05) is 6.92 Å². The number of morpholine rings is 1. The van der Waals surface area contributed by atoms with Crippen molar-refractivity contribution in [3.05, 3.63) is 35.4 Å². The molecule has 1 aromatic carbocycles. The molecule has 1 fully saturated rings. The summed E-state index contributed by atoms with van der Waals surface area (Å²) in [6.45, 7) is 4.38. The highest BCUT2D eigenvalue weighted by Crippen LogP contribution is 2.15. The Kier molecular flexibility index (Phi) is 4.27. The first-order chi connectivity index (χ1) is 8.56. The van der Waals surface area contributed by atoms with Gasteiger partial charge in [-0.25, -0.2) is 8.78 Å². The zero-order valence-corrected chi connectivity index (χ0v) is 10.4. The van der Waals surface area contributed by atoms with Gasteiger partial charge in [0.1, 0.15) is 11.6 Å². The van der Waals surface area contributed by atoms with Crippen molar-refractivity contribution in [2.24, 2.45) is 5.73 Å². The van der Waals surface area contributed by atoms with E-state index in [0.29, 0.717) is 25.2 Å². The highest BCUT2D eigenvalue weighted by molar-refractivity contribution is 5.17. The molecule has 1 saturated heterocycles. The lowest BCUT2D eigenvalue weighted by atomic mass is 10.1. The number of halogens is 2. The van der Waals surface area contributed by atoms with Crippen molar-refractivity contribution in [2.75, 3.05) is 19.6 Å². The minimum atomic E-state index is -0.540. The first-order valence-corrected chi connectivity index (χ1v) is 6.09. The van der Waals surface area contributed by atoms with Gasteiger partial charge in [-0.15, -0.1) is 0 Å². The highest BCUT2D eigenvalue weighted by Gasteiger charge is 2.24. The van der Waals surface area contributed by atoms with Crippen molar-refractivity contribution >= 4 is 0 Å². The molecule has 5 heteroatoms. The van der Waals surface area contributed by atoms with Crippen molar-refractivity contribution in [1.29, 1.82) is 0 Å². The Morgan fingerprint density at radius 2 is 1.94 bits per heavy atom. The second-order valence-corrected chi connectivity index (χ2v) is 4.78. The van der Waals surface area contributed by atoms with Gasteiger partial charge in [0.2, 0.25) is 0 Å². The summed E-state index contributed by atoms with van der Waals surface area (Å²) in [5.41, 5.74) is 6.23. The van der Waals surface area contributed by atoms with Crippen molar-refractivity contribution in [3.8, 4) is 0 Å². The van der Waals surface area contributed by atoms with Gasteiger partial charge in [0.25, 0.3) is 0 Å². The normalized spacial score (nSPS) is 25.3. The molecule has 0 radical (unpaired) electrons. The van der Waals surface area contributed by atoms with E-state index in [0.717, 1.165) is 12.6 Å². The van der Waals surface area contributed by atoms with Gasteiger partial charge in [-0.1, -0.05) is 0 Å². The molecule has 2 N–H and O–H groups in total. The van der Waals surface area contributed by atoms with E-state index in [2.05, 4.69) is 4.90 Å². The minimum absolute atomic E-state index is 0.00726. The third-order valence-electron chi connectivity index (χ3n) is 2.99. The third-order valence-corrected chi connectivity index (χ3v) is 2.99. The maximum Gasteiger partial charge on any atom is 0.126 e. The van der Waals surface area contributed by atoms with Crippen LogP contribution in [0.2, 0.25) is 0 Å². The predicted octanol–water partition coefficient (Wildman–Crippen LogP) is 1.51. The van der Waals surface area contributed by atoms with Crippen LogP contribution in [0.4, 0.5) is 8.78 Å². The second kappa shape index (κ2) is 5.73. The Hall–Kier alpha value is -1.04. The van der Waals surface area contributed by atoms with Crippen LogP contribution in [0, 0.1) is 11.6 Å². The van der Waals surface area contributed by atoms with Crippen LogP contribution in [0.1, 0.15) is 12.5 Å². The van der Waals surface area contributed by atoms with Crippen molar-refractivity contribution in [2.45, 2.75) is 25.7 Å². The van der Waals surface area contributed by atoms with Gasteiger partial charge in [-0.05, 0) is 24.6 Å². The molecule has 2 rings (SSSR count). The van der Waals surface area contributed by atoms with Crippen molar-refractivity contribution < 1.29 is 13.5 Å². The van der Waals surface area contributed by atoms with Gasteiger partial charge in [0.15, 0.2) is 0 Å². The smallest absolute Gasteiger partial charge is 0.126 e. The van der Waals surface area contributed by atoms with Crippen molar-refractivity contribution in [3.63, 3.8) is 0 Å². The molecule has 0 amide bonds. The maximum atomic E-state index is 13.1. The second-order valence-electron chi connectivity index (χ2n) is 4.78. The zero-order valence-electron chi connectivity index (χ0n) is 10.4. The monoisotopic (exact) mass is 256 g/mol. The highest BCUT2D eigenvalue weighted by atomic mass is 19.1. The molecule has 0 bridgehead atoms. The molecule has 0 aromatic heterocycles. The van der Waals surface area contributed by atoms with Gasteiger partial charge < -0.3 is 10.5 Å². The van der Waals surface area contributed by atoms with Crippen LogP contribution in [0.25, 0.3) is 0 Å². The third kappa shape index (κ3) is 3.48. The molecule has 0 saturated carbocycles. The van der Waals surface area contributed by atoms with Gasteiger partial charge in [-0.3, -0.25) is 4.90 Å². The molecule has 100 valence electrons. The summed E-state index contributed by atoms with van der Waals surface area (Å²) in [5.74, 6) is -1.08. The summed E-state index contributed by atoms with van der Waals surface area (Å²) in [5, 5.41) is 0. The molecule has 0 aliphatic carbocycles. The number of nitrogens with zero attached hydrogens (tertiary/aromatic N) is 1. The number of nitrogens with two attached hydrogens (primary N) is 1. The van der Waals surface area contributed by atoms with Crippen LogP contribution >= 0.6 is 0 Å². The molecule has 18 heavy (non-hydrogen) atoms. The first-order valence-electron chi connectivity index (χ1n) is 6.09. The summed E-state index contributed by atoms with van der Waals surface area (Å²) < 4.78 is 31.8. The first kappa shape index (κ1) is 13.4. The summed E-state index contributed by atoms with van der Waals surface area (Å²) in [6.07, 6.45) is 0.0814. The fourth-order valence-corrected chi connectivity index (χ4v) is 2.36. The number of benzene rings is 1. The molecule has 1 aliphatic heterocycles. The molecule has 3 nitrogen and oxygen atoms in total. The predicted molar refractivity (Wildman–Crippen MR) is 65.0 cm³/mol. The zero-order chi connectivity index (χ0) is 13.1. The standard InChI is InChI=1S/C13H18F2N2O/c1-9-6-17(8-13(5-16)18-9)7-10-2-11(14)4-12(15)3-10/h2-4,9,13H,5-8,16H2,1H3. The van der Waals surface area contributed by atoms with E-state index in [1.54, 1.807) is 0 Å². The van der Waals surface area contributed by atoms with Crippen LogP contribution in [0.5, 0.6) is 0 Å². The SMILES string of the molecule is CC1CN(Cc2cc(F)cc(F)c2)CC(CN)O1. The van der Waals surface area contributed by atoms with E-state index in [-0.39, 0.29) is 12.2 Å². The number of hydrogen-bond acceptors (Lipinski definition) is 3. The molecule has 1 aliphatic rings. The lowest BCUT2D eigenvalue weighted by Gasteiger charge is -2.36. The topological polar surface area (TPSA) is 38.5 Å². The van der Waals surface area contributed by atoms with Gasteiger partial charge >= 0.3 is 0 Å². The quantitative estimate of drug-likeness (QED) is 0.891. The Morgan fingerprint density at radius 3 is 2.56 bits per heavy atom. The Morgan fingerprint density at radius 1 is 1.28 bits per heavy atom. The largest absolute Gasteiger partial charge is 0.371 e. The van der Waals surface area contributed by atoms with Crippen LogP contribution < -0.4 is 5.73 Å². The number of ether oxygens (including phenoxy) is 1. The minimum Gasteiger partial charge on any atom is -0.371 e. The molecular formula is C13H18F2N2O. The fourth-order valence-electron chi connectivity index (χ4n) is 2.36. The summed E-state index contributed by atoms with van der Waals surface area (Å²) in [6, 6.07) is 3.61. The van der Waals surface area contributed by atoms with E-state index in [9.17, 15) is 8.78 Å². The average molecular weight is 256 g/mol. The van der Waals surface area contributed by atoms with E-state index in [1.165, 1.54) is 12.1 Å². The van der Waals surface area contributed by atoms with E-state index >= 15 is 0 Å². The Bertz CT molecular complexity index is 394. The molecule has 1 aromatic rings. The summed E-state index contributed by atoms with van der Waals surface area (Å²) in [7, 11) is 0. The van der Waals surface area contributed by atoms with Gasteiger partial charge in [0.05, 0.1) is 12.2 Å². The number of hydrogen-bond donors (Lipinski definition) is 1. The van der Waals surface area contributed by atoms with Crippen LogP contribution in [-0.2, 0) is 11.3 Å². The molecule has 2 atom stereocenters. The van der Waals surface area contributed by atoms with Crippen LogP contribution in [-0.4, -0.2) is 36.7 Å². The fraction of sp³-hybridized carbons (Fsp3) is 0.538. The molecular weight excluding hydrogens is 238 g/mol. The Labute approximate surface area is 106 Å². The van der Waals surface area contributed by atoms with Gasteiger partial charge in [0, 0.05) is 32.2 Å². The van der Waals surface area contributed by atoms with E-state index < -0.39 is 11.6 Å². The lowest BCUT2D eigenvalue weighted by Crippen LogP contribution is -2.48. The molecule has 0 spiro atoms. The van der Waals surface area contributed by atoms with Crippen LogP contribution in [0.15, 0.2) is 18.2 Å². The van der Waals surface area contributed by atoms with Crippen molar-refractivity contribution in [1.82, 2.24) is 4.90 Å². The molecule has 1 heterocycles. The summed E-state index contributed by atoms with van der Waals surface area (Å²) >= 11 is 0. The molecule has 2 unspecified atom stereocenters. The summed E-state index contributed by atoms with van der Waals surface area (Å²) in [4.78, 5) is 2.11. The lowest BCUT2D eigenvalue weighted by molar-refractivity contribution is -0.0745. The van der Waals surface area contributed by atoms with Gasteiger partial charge in [-0.2, -0.15) is 0 Å².